The topological polar surface area (TPSA) is 56.7 Å². The van der Waals surface area contributed by atoms with Crippen LogP contribution in [0.15, 0.2) is 60.7 Å². The number of nitrogen functional groups attached to an aromatic ring is 1. The number of anilines is 1. The minimum absolute atomic E-state index is 0.754. The summed E-state index contributed by atoms with van der Waals surface area (Å²) >= 11 is 0. The molecule has 1 aromatic heterocycles. The Hall–Kier alpha value is -3.14. The Bertz CT molecular complexity index is 1040. The SMILES string of the molecule is Cc1cc(N)ccc1-c1nnc(C)n1-c1cccc2ccccc12. The lowest BCUT2D eigenvalue weighted by Gasteiger charge is -2.13. The highest BCUT2D eigenvalue weighted by Gasteiger charge is 2.16. The van der Waals surface area contributed by atoms with Crippen LogP contribution in [0.5, 0.6) is 0 Å². The molecule has 24 heavy (non-hydrogen) atoms. The predicted octanol–water partition coefficient (Wildman–Crippen LogP) is 4.29. The molecule has 0 bridgehead atoms. The van der Waals surface area contributed by atoms with Crippen molar-refractivity contribution in [3.8, 4) is 17.1 Å². The predicted molar refractivity (Wildman–Crippen MR) is 98.2 cm³/mol. The van der Waals surface area contributed by atoms with Crippen LogP contribution in [0.2, 0.25) is 0 Å². The van der Waals surface area contributed by atoms with E-state index in [1.807, 2.05) is 32.0 Å². The van der Waals surface area contributed by atoms with E-state index in [1.165, 1.54) is 10.8 Å². The first-order valence-corrected chi connectivity index (χ1v) is 7.92. The number of aromatic nitrogens is 3. The first-order valence-electron chi connectivity index (χ1n) is 7.92. The summed E-state index contributed by atoms with van der Waals surface area (Å²) in [7, 11) is 0. The molecule has 4 rings (SSSR count). The maximum absolute atomic E-state index is 5.89. The van der Waals surface area contributed by atoms with E-state index >= 15 is 0 Å². The highest BCUT2D eigenvalue weighted by atomic mass is 15.3. The van der Waals surface area contributed by atoms with Crippen molar-refractivity contribution in [3.05, 3.63) is 72.1 Å². The molecule has 0 saturated heterocycles. The zero-order chi connectivity index (χ0) is 16.7. The molecule has 0 saturated carbocycles. The highest BCUT2D eigenvalue weighted by molar-refractivity contribution is 5.91. The number of hydrogen-bond acceptors (Lipinski definition) is 3. The lowest BCUT2D eigenvalue weighted by molar-refractivity contribution is 0.978. The van der Waals surface area contributed by atoms with Gasteiger partial charge in [0.2, 0.25) is 0 Å². The molecule has 0 radical (unpaired) electrons. The van der Waals surface area contributed by atoms with Crippen LogP contribution in [-0.2, 0) is 0 Å². The molecule has 0 aliphatic rings. The Kier molecular flexibility index (Phi) is 3.31. The molecule has 0 amide bonds. The van der Waals surface area contributed by atoms with Gasteiger partial charge in [-0.25, -0.2) is 0 Å². The first-order chi connectivity index (χ1) is 11.6. The highest BCUT2D eigenvalue weighted by Crippen LogP contribution is 2.30. The van der Waals surface area contributed by atoms with E-state index in [4.69, 9.17) is 5.73 Å². The van der Waals surface area contributed by atoms with Crippen molar-refractivity contribution in [2.75, 3.05) is 5.73 Å². The van der Waals surface area contributed by atoms with Gasteiger partial charge in [-0.1, -0.05) is 36.4 Å². The second kappa shape index (κ2) is 5.49. The second-order valence-corrected chi connectivity index (χ2v) is 5.98. The van der Waals surface area contributed by atoms with Crippen LogP contribution in [0.3, 0.4) is 0 Å². The summed E-state index contributed by atoms with van der Waals surface area (Å²) in [6.07, 6.45) is 0. The van der Waals surface area contributed by atoms with Crippen molar-refractivity contribution >= 4 is 16.5 Å². The first kappa shape index (κ1) is 14.5. The maximum Gasteiger partial charge on any atom is 0.168 e. The van der Waals surface area contributed by atoms with Gasteiger partial charge in [0.25, 0.3) is 0 Å². The van der Waals surface area contributed by atoms with E-state index in [-0.39, 0.29) is 0 Å². The van der Waals surface area contributed by atoms with Crippen LogP contribution in [0, 0.1) is 13.8 Å². The molecule has 4 nitrogen and oxygen atoms in total. The molecule has 0 aliphatic heterocycles. The second-order valence-electron chi connectivity index (χ2n) is 5.98. The Morgan fingerprint density at radius 3 is 2.50 bits per heavy atom. The summed E-state index contributed by atoms with van der Waals surface area (Å²) in [4.78, 5) is 0. The van der Waals surface area contributed by atoms with Crippen LogP contribution in [0.1, 0.15) is 11.4 Å². The van der Waals surface area contributed by atoms with E-state index in [0.717, 1.165) is 34.2 Å². The molecule has 0 unspecified atom stereocenters. The molecular weight excluding hydrogens is 296 g/mol. The smallest absolute Gasteiger partial charge is 0.168 e. The fourth-order valence-corrected chi connectivity index (χ4v) is 3.17. The van der Waals surface area contributed by atoms with Gasteiger partial charge in [0.1, 0.15) is 5.82 Å². The summed E-state index contributed by atoms with van der Waals surface area (Å²) in [6.45, 7) is 4.02. The molecule has 4 aromatic rings. The fourth-order valence-electron chi connectivity index (χ4n) is 3.17. The molecule has 118 valence electrons. The van der Waals surface area contributed by atoms with E-state index in [2.05, 4.69) is 57.2 Å². The number of nitrogens with two attached hydrogens (primary N) is 1. The molecular formula is C20H18N4. The third kappa shape index (κ3) is 2.24. The summed E-state index contributed by atoms with van der Waals surface area (Å²) in [5.41, 5.74) is 9.86. The number of hydrogen-bond donors (Lipinski definition) is 1. The molecule has 0 fully saturated rings. The van der Waals surface area contributed by atoms with Crippen LogP contribution in [0.25, 0.3) is 27.8 Å². The van der Waals surface area contributed by atoms with Crippen LogP contribution in [0.4, 0.5) is 5.69 Å². The number of nitrogens with zero attached hydrogens (tertiary/aromatic N) is 3. The fraction of sp³-hybridized carbons (Fsp3) is 0.100. The normalized spacial score (nSPS) is 11.1. The Labute approximate surface area is 140 Å². The number of fused-ring (bicyclic) bond motifs is 1. The van der Waals surface area contributed by atoms with Crippen molar-refractivity contribution in [2.45, 2.75) is 13.8 Å². The zero-order valence-electron chi connectivity index (χ0n) is 13.7. The van der Waals surface area contributed by atoms with Crippen LogP contribution in [-0.4, -0.2) is 14.8 Å². The number of rotatable bonds is 2. The largest absolute Gasteiger partial charge is 0.399 e. The van der Waals surface area contributed by atoms with Crippen molar-refractivity contribution in [2.24, 2.45) is 0 Å². The quantitative estimate of drug-likeness (QED) is 0.562. The lowest BCUT2D eigenvalue weighted by Crippen LogP contribution is -2.02. The lowest BCUT2D eigenvalue weighted by atomic mass is 10.1. The molecule has 0 aliphatic carbocycles. The summed E-state index contributed by atoms with van der Waals surface area (Å²) < 4.78 is 2.11. The minimum Gasteiger partial charge on any atom is -0.399 e. The van der Waals surface area contributed by atoms with E-state index in [1.54, 1.807) is 0 Å². The Morgan fingerprint density at radius 2 is 1.67 bits per heavy atom. The zero-order valence-corrected chi connectivity index (χ0v) is 13.7. The Balaban J connectivity index is 2.01. The Morgan fingerprint density at radius 1 is 0.875 bits per heavy atom. The molecule has 1 heterocycles. The average Bonchev–Trinajstić information content (AvgIpc) is 2.95. The molecule has 3 aromatic carbocycles. The van der Waals surface area contributed by atoms with Gasteiger partial charge in [0, 0.05) is 16.6 Å². The maximum atomic E-state index is 5.89. The summed E-state index contributed by atoms with van der Waals surface area (Å²) in [5.74, 6) is 1.69. The van der Waals surface area contributed by atoms with Crippen molar-refractivity contribution in [3.63, 3.8) is 0 Å². The van der Waals surface area contributed by atoms with Gasteiger partial charge in [-0.3, -0.25) is 4.57 Å². The van der Waals surface area contributed by atoms with Gasteiger partial charge >= 0.3 is 0 Å². The van der Waals surface area contributed by atoms with Crippen LogP contribution >= 0.6 is 0 Å². The van der Waals surface area contributed by atoms with Crippen molar-refractivity contribution < 1.29 is 0 Å². The van der Waals surface area contributed by atoms with E-state index in [0.29, 0.717) is 0 Å². The third-order valence-electron chi connectivity index (χ3n) is 4.32. The summed E-state index contributed by atoms with van der Waals surface area (Å²) in [5, 5.41) is 11.1. The summed E-state index contributed by atoms with van der Waals surface area (Å²) in [6, 6.07) is 20.5. The average molecular weight is 314 g/mol. The minimum atomic E-state index is 0.754. The molecule has 0 spiro atoms. The van der Waals surface area contributed by atoms with Crippen molar-refractivity contribution in [1.82, 2.24) is 14.8 Å². The van der Waals surface area contributed by atoms with Gasteiger partial charge in [0.05, 0.1) is 5.69 Å². The standard InChI is InChI=1S/C20H18N4/c1-13-12-16(21)10-11-17(13)20-23-22-14(2)24(20)19-9-5-7-15-6-3-4-8-18(15)19/h3-12H,21H2,1-2H3. The van der Waals surface area contributed by atoms with Gasteiger partial charge in [-0.05, 0) is 49.1 Å². The van der Waals surface area contributed by atoms with Gasteiger partial charge in [0.15, 0.2) is 5.82 Å². The third-order valence-corrected chi connectivity index (χ3v) is 4.32. The van der Waals surface area contributed by atoms with E-state index in [9.17, 15) is 0 Å². The number of benzene rings is 3. The van der Waals surface area contributed by atoms with Gasteiger partial charge < -0.3 is 5.73 Å². The number of aryl methyl sites for hydroxylation is 2. The van der Waals surface area contributed by atoms with Crippen molar-refractivity contribution in [1.29, 1.82) is 0 Å². The monoisotopic (exact) mass is 314 g/mol. The van der Waals surface area contributed by atoms with Gasteiger partial charge in [-0.2, -0.15) is 0 Å². The molecule has 4 heteroatoms. The molecule has 2 N–H and O–H groups in total. The molecule has 0 atom stereocenters. The van der Waals surface area contributed by atoms with E-state index < -0.39 is 0 Å². The van der Waals surface area contributed by atoms with Gasteiger partial charge in [-0.15, -0.1) is 10.2 Å². The van der Waals surface area contributed by atoms with Crippen LogP contribution < -0.4 is 5.73 Å².